The van der Waals surface area contributed by atoms with Gasteiger partial charge in [-0.3, -0.25) is 4.79 Å². The third-order valence-electron chi connectivity index (χ3n) is 2.58. The van der Waals surface area contributed by atoms with Gasteiger partial charge in [0.2, 0.25) is 5.91 Å². The van der Waals surface area contributed by atoms with Crippen LogP contribution in [-0.4, -0.2) is 28.5 Å². The fourth-order valence-electron chi connectivity index (χ4n) is 1.80. The average Bonchev–Trinajstić information content (AvgIpc) is 2.63. The molecule has 1 amide bonds. The maximum atomic E-state index is 11.0. The van der Waals surface area contributed by atoms with E-state index in [2.05, 4.69) is 27.5 Å². The van der Waals surface area contributed by atoms with E-state index in [-0.39, 0.29) is 11.9 Å². The molecule has 1 saturated heterocycles. The topological polar surface area (TPSA) is 66.9 Å². The van der Waals surface area contributed by atoms with Crippen molar-refractivity contribution in [1.82, 2.24) is 15.3 Å². The van der Waals surface area contributed by atoms with Crippen LogP contribution in [0.1, 0.15) is 24.9 Å². The van der Waals surface area contributed by atoms with Crippen molar-refractivity contribution in [2.45, 2.75) is 32.7 Å². The first-order valence-electron chi connectivity index (χ1n) is 5.55. The molecular formula is C11H16N4O. The molecule has 0 radical (unpaired) electrons. The van der Waals surface area contributed by atoms with E-state index in [1.807, 2.05) is 13.0 Å². The van der Waals surface area contributed by atoms with Gasteiger partial charge in [-0.05, 0) is 13.3 Å². The first-order valence-corrected chi connectivity index (χ1v) is 5.55. The number of hydrogen-bond acceptors (Lipinski definition) is 4. The van der Waals surface area contributed by atoms with Gasteiger partial charge < -0.3 is 10.6 Å². The third kappa shape index (κ3) is 2.48. The largest absolute Gasteiger partial charge is 0.365 e. The number of carbonyl (C=O) groups is 1. The summed E-state index contributed by atoms with van der Waals surface area (Å²) in [5.74, 6) is 1.67. The summed E-state index contributed by atoms with van der Waals surface area (Å²) in [6.07, 6.45) is 1.41. The molecule has 1 unspecified atom stereocenters. The fraction of sp³-hybridized carbons (Fsp3) is 0.545. The first-order chi connectivity index (χ1) is 7.67. The summed E-state index contributed by atoms with van der Waals surface area (Å²) in [6.45, 7) is 4.61. The van der Waals surface area contributed by atoms with E-state index in [9.17, 15) is 4.79 Å². The molecule has 2 heterocycles. The molecule has 0 aromatic carbocycles. The molecule has 0 aliphatic carbocycles. The highest BCUT2D eigenvalue weighted by Gasteiger charge is 2.21. The Morgan fingerprint density at radius 2 is 2.38 bits per heavy atom. The van der Waals surface area contributed by atoms with Crippen molar-refractivity contribution in [2.75, 3.05) is 11.9 Å². The van der Waals surface area contributed by atoms with E-state index in [1.54, 1.807) is 0 Å². The van der Waals surface area contributed by atoms with Crippen molar-refractivity contribution in [3.63, 3.8) is 0 Å². The number of anilines is 1. The number of nitrogens with zero attached hydrogens (tertiary/aromatic N) is 2. The Morgan fingerprint density at radius 1 is 1.56 bits per heavy atom. The summed E-state index contributed by atoms with van der Waals surface area (Å²) in [6, 6.07) is 2.09. The van der Waals surface area contributed by atoms with Crippen molar-refractivity contribution in [3.8, 4) is 0 Å². The van der Waals surface area contributed by atoms with Gasteiger partial charge in [0.05, 0.1) is 6.04 Å². The molecule has 16 heavy (non-hydrogen) atoms. The molecule has 1 atom stereocenters. The molecule has 1 fully saturated rings. The normalized spacial score (nSPS) is 19.6. The monoisotopic (exact) mass is 220 g/mol. The maximum absolute atomic E-state index is 11.0. The summed E-state index contributed by atoms with van der Waals surface area (Å²) in [7, 11) is 0. The second-order valence-corrected chi connectivity index (χ2v) is 3.99. The van der Waals surface area contributed by atoms with Crippen molar-refractivity contribution in [1.29, 1.82) is 0 Å². The maximum Gasteiger partial charge on any atom is 0.222 e. The van der Waals surface area contributed by atoms with Gasteiger partial charge in [-0.2, -0.15) is 0 Å². The zero-order chi connectivity index (χ0) is 11.5. The van der Waals surface area contributed by atoms with Crippen molar-refractivity contribution >= 4 is 11.7 Å². The smallest absolute Gasteiger partial charge is 0.222 e. The summed E-state index contributed by atoms with van der Waals surface area (Å²) < 4.78 is 0. The Bertz CT molecular complexity index is 405. The second-order valence-electron chi connectivity index (χ2n) is 3.99. The fourth-order valence-corrected chi connectivity index (χ4v) is 1.80. The van der Waals surface area contributed by atoms with Crippen LogP contribution in [0.25, 0.3) is 0 Å². The van der Waals surface area contributed by atoms with Gasteiger partial charge in [0.25, 0.3) is 0 Å². The summed E-state index contributed by atoms with van der Waals surface area (Å²) in [5, 5.41) is 6.04. The van der Waals surface area contributed by atoms with Crippen LogP contribution in [0.15, 0.2) is 6.07 Å². The third-order valence-corrected chi connectivity index (χ3v) is 2.58. The van der Waals surface area contributed by atoms with Crippen LogP contribution >= 0.6 is 0 Å². The SMILES string of the molecule is CCc1cc(NC2CNC(=O)C2)nc(C)n1. The summed E-state index contributed by atoms with van der Waals surface area (Å²) in [5.41, 5.74) is 1.02. The number of carbonyl (C=O) groups excluding carboxylic acids is 1. The Morgan fingerprint density at radius 3 is 3.00 bits per heavy atom. The van der Waals surface area contributed by atoms with Crippen LogP contribution in [0.3, 0.4) is 0 Å². The zero-order valence-corrected chi connectivity index (χ0v) is 9.58. The Kier molecular flexibility index (Phi) is 3.03. The molecule has 0 saturated carbocycles. The van der Waals surface area contributed by atoms with E-state index in [1.165, 1.54) is 0 Å². The van der Waals surface area contributed by atoms with Gasteiger partial charge in [0.1, 0.15) is 11.6 Å². The van der Waals surface area contributed by atoms with Gasteiger partial charge in [-0.25, -0.2) is 9.97 Å². The van der Waals surface area contributed by atoms with E-state index >= 15 is 0 Å². The molecule has 0 spiro atoms. The molecule has 1 aromatic heterocycles. The first kappa shape index (κ1) is 10.9. The molecule has 1 aromatic rings. The van der Waals surface area contributed by atoms with E-state index in [0.717, 1.165) is 23.8 Å². The van der Waals surface area contributed by atoms with Crippen LogP contribution in [0.2, 0.25) is 0 Å². The lowest BCUT2D eigenvalue weighted by atomic mass is 10.2. The van der Waals surface area contributed by atoms with E-state index in [0.29, 0.717) is 13.0 Å². The van der Waals surface area contributed by atoms with E-state index < -0.39 is 0 Å². The van der Waals surface area contributed by atoms with Crippen LogP contribution < -0.4 is 10.6 Å². The van der Waals surface area contributed by atoms with Crippen LogP contribution in [0.4, 0.5) is 5.82 Å². The number of amides is 1. The number of aryl methyl sites for hydroxylation is 2. The quantitative estimate of drug-likeness (QED) is 0.784. The number of aromatic nitrogens is 2. The number of hydrogen-bond donors (Lipinski definition) is 2. The highest BCUT2D eigenvalue weighted by molar-refractivity contribution is 5.79. The second kappa shape index (κ2) is 4.47. The minimum atomic E-state index is 0.0963. The molecular weight excluding hydrogens is 204 g/mol. The van der Waals surface area contributed by atoms with Gasteiger partial charge in [0.15, 0.2) is 0 Å². The van der Waals surface area contributed by atoms with Gasteiger partial charge in [-0.15, -0.1) is 0 Å². The lowest BCUT2D eigenvalue weighted by Gasteiger charge is -2.12. The molecule has 5 nitrogen and oxygen atoms in total. The Labute approximate surface area is 94.7 Å². The van der Waals surface area contributed by atoms with Crippen molar-refractivity contribution in [3.05, 3.63) is 17.6 Å². The molecule has 0 bridgehead atoms. The van der Waals surface area contributed by atoms with Crippen molar-refractivity contribution < 1.29 is 4.79 Å². The highest BCUT2D eigenvalue weighted by atomic mass is 16.1. The highest BCUT2D eigenvalue weighted by Crippen LogP contribution is 2.11. The number of rotatable bonds is 3. The minimum absolute atomic E-state index is 0.0963. The minimum Gasteiger partial charge on any atom is -0.365 e. The van der Waals surface area contributed by atoms with Gasteiger partial charge >= 0.3 is 0 Å². The predicted molar refractivity (Wildman–Crippen MR) is 61.2 cm³/mol. The van der Waals surface area contributed by atoms with Gasteiger partial charge in [-0.1, -0.05) is 6.92 Å². The number of nitrogens with one attached hydrogen (secondary N) is 2. The predicted octanol–water partition coefficient (Wildman–Crippen LogP) is 0.648. The molecule has 1 aliphatic rings. The zero-order valence-electron chi connectivity index (χ0n) is 9.58. The van der Waals surface area contributed by atoms with E-state index in [4.69, 9.17) is 0 Å². The standard InChI is InChI=1S/C11H16N4O/c1-3-8-4-10(14-7(2)13-8)15-9-5-11(16)12-6-9/h4,9H,3,5-6H2,1-2H3,(H,12,16)(H,13,14,15). The molecule has 1 aliphatic heterocycles. The Hall–Kier alpha value is -1.65. The van der Waals surface area contributed by atoms with Crippen LogP contribution in [0, 0.1) is 6.92 Å². The molecule has 86 valence electrons. The summed E-state index contributed by atoms with van der Waals surface area (Å²) in [4.78, 5) is 19.7. The molecule has 2 rings (SSSR count). The van der Waals surface area contributed by atoms with Gasteiger partial charge in [0, 0.05) is 24.7 Å². The Balaban J connectivity index is 2.08. The van der Waals surface area contributed by atoms with Crippen molar-refractivity contribution in [2.24, 2.45) is 0 Å². The summed E-state index contributed by atoms with van der Waals surface area (Å²) >= 11 is 0. The lowest BCUT2D eigenvalue weighted by Crippen LogP contribution is -2.23. The molecule has 5 heteroatoms. The average molecular weight is 220 g/mol. The van der Waals surface area contributed by atoms with Crippen LogP contribution in [-0.2, 0) is 11.2 Å². The lowest BCUT2D eigenvalue weighted by molar-refractivity contribution is -0.119. The molecule has 2 N–H and O–H groups in total. The van der Waals surface area contributed by atoms with Crippen LogP contribution in [0.5, 0.6) is 0 Å².